The number of nitrogens with zero attached hydrogens (tertiary/aromatic N) is 1. The van der Waals surface area contributed by atoms with Gasteiger partial charge in [-0.25, -0.2) is 0 Å². The van der Waals surface area contributed by atoms with Gasteiger partial charge in [0.25, 0.3) is 0 Å². The highest BCUT2D eigenvalue weighted by Crippen LogP contribution is 2.21. The molecule has 0 bridgehead atoms. The Kier molecular flexibility index (Phi) is 4.80. The van der Waals surface area contributed by atoms with E-state index in [0.717, 1.165) is 17.8 Å². The molecule has 1 atom stereocenters. The van der Waals surface area contributed by atoms with Crippen molar-refractivity contribution in [1.82, 2.24) is 0 Å². The van der Waals surface area contributed by atoms with Crippen molar-refractivity contribution < 1.29 is 5.11 Å². The van der Waals surface area contributed by atoms with Crippen LogP contribution in [0.5, 0.6) is 0 Å². The van der Waals surface area contributed by atoms with Crippen LogP contribution in [0.1, 0.15) is 29.7 Å². The van der Waals surface area contributed by atoms with Gasteiger partial charge in [-0.3, -0.25) is 0 Å². The van der Waals surface area contributed by atoms with E-state index >= 15 is 0 Å². The molecule has 0 heterocycles. The molecule has 0 aliphatic carbocycles. The third-order valence-electron chi connectivity index (χ3n) is 3.81. The van der Waals surface area contributed by atoms with Crippen LogP contribution in [-0.2, 0) is 0 Å². The number of aliphatic hydroxyl groups is 1. The molecule has 0 radical (unpaired) electrons. The lowest BCUT2D eigenvalue weighted by Gasteiger charge is -2.26. The number of anilines is 1. The molecule has 0 aromatic heterocycles. The van der Waals surface area contributed by atoms with Crippen LogP contribution in [0, 0.1) is 13.8 Å². The highest BCUT2D eigenvalue weighted by molar-refractivity contribution is 5.46. The van der Waals surface area contributed by atoms with Gasteiger partial charge >= 0.3 is 0 Å². The van der Waals surface area contributed by atoms with Gasteiger partial charge in [-0.2, -0.15) is 0 Å². The molecule has 2 rings (SSSR count). The van der Waals surface area contributed by atoms with E-state index in [4.69, 9.17) is 0 Å². The molecule has 1 N–H and O–H groups in total. The summed E-state index contributed by atoms with van der Waals surface area (Å²) in [6.45, 7) is 7.78. The van der Waals surface area contributed by atoms with E-state index in [9.17, 15) is 5.11 Å². The standard InChI is InChI=1S/C18H23NO/c1-4-19(17-8-6-5-7-9-17)13-18(20)16-11-10-14(2)15(3)12-16/h5-12,18,20H,4,13H2,1-3H3. The van der Waals surface area contributed by atoms with Gasteiger partial charge in [-0.1, -0.05) is 36.4 Å². The van der Waals surface area contributed by atoms with Gasteiger partial charge in [-0.15, -0.1) is 0 Å². The van der Waals surface area contributed by atoms with Gasteiger partial charge in [0.1, 0.15) is 0 Å². The molecule has 2 nitrogen and oxygen atoms in total. The molecule has 20 heavy (non-hydrogen) atoms. The maximum absolute atomic E-state index is 10.5. The van der Waals surface area contributed by atoms with Crippen LogP contribution in [-0.4, -0.2) is 18.2 Å². The van der Waals surface area contributed by atoms with Crippen LogP contribution >= 0.6 is 0 Å². The third kappa shape index (κ3) is 3.40. The molecule has 106 valence electrons. The molecule has 1 unspecified atom stereocenters. The Morgan fingerprint density at radius 2 is 1.70 bits per heavy atom. The van der Waals surface area contributed by atoms with Crippen molar-refractivity contribution in [2.45, 2.75) is 26.9 Å². The van der Waals surface area contributed by atoms with E-state index in [1.807, 2.05) is 24.3 Å². The lowest BCUT2D eigenvalue weighted by atomic mass is 10.0. The molecule has 2 heteroatoms. The van der Waals surface area contributed by atoms with E-state index in [2.05, 4.69) is 49.9 Å². The van der Waals surface area contributed by atoms with Crippen LogP contribution in [0.2, 0.25) is 0 Å². The van der Waals surface area contributed by atoms with Crippen LogP contribution in [0.3, 0.4) is 0 Å². The maximum Gasteiger partial charge on any atom is 0.0964 e. The fourth-order valence-corrected chi connectivity index (χ4v) is 2.34. The topological polar surface area (TPSA) is 23.5 Å². The molecule has 0 spiro atoms. The molecular weight excluding hydrogens is 246 g/mol. The Bertz CT molecular complexity index is 551. The quantitative estimate of drug-likeness (QED) is 0.891. The van der Waals surface area contributed by atoms with Crippen molar-refractivity contribution in [2.24, 2.45) is 0 Å². The minimum atomic E-state index is -0.463. The van der Waals surface area contributed by atoms with Gasteiger partial charge in [0, 0.05) is 18.8 Å². The fourth-order valence-electron chi connectivity index (χ4n) is 2.34. The van der Waals surface area contributed by atoms with Crippen molar-refractivity contribution in [2.75, 3.05) is 18.0 Å². The Labute approximate surface area is 121 Å². The largest absolute Gasteiger partial charge is 0.387 e. The Hall–Kier alpha value is -1.80. The minimum absolute atomic E-state index is 0.463. The summed E-state index contributed by atoms with van der Waals surface area (Å²) in [5.74, 6) is 0. The van der Waals surface area contributed by atoms with Crippen molar-refractivity contribution in [1.29, 1.82) is 0 Å². The van der Waals surface area contributed by atoms with Crippen molar-refractivity contribution in [3.8, 4) is 0 Å². The average Bonchev–Trinajstić information content (AvgIpc) is 2.48. The summed E-state index contributed by atoms with van der Waals surface area (Å²) in [4.78, 5) is 2.19. The van der Waals surface area contributed by atoms with E-state index in [0.29, 0.717) is 6.54 Å². The van der Waals surface area contributed by atoms with Crippen LogP contribution < -0.4 is 4.90 Å². The second kappa shape index (κ2) is 6.58. The van der Waals surface area contributed by atoms with Gasteiger partial charge < -0.3 is 10.0 Å². The van der Waals surface area contributed by atoms with Crippen molar-refractivity contribution in [3.63, 3.8) is 0 Å². The normalized spacial score (nSPS) is 12.2. The van der Waals surface area contributed by atoms with E-state index in [-0.39, 0.29) is 0 Å². The maximum atomic E-state index is 10.5. The zero-order chi connectivity index (χ0) is 14.5. The monoisotopic (exact) mass is 269 g/mol. The number of aliphatic hydroxyl groups excluding tert-OH is 1. The SMILES string of the molecule is CCN(CC(O)c1ccc(C)c(C)c1)c1ccccc1. The summed E-state index contributed by atoms with van der Waals surface area (Å²) in [7, 11) is 0. The van der Waals surface area contributed by atoms with E-state index in [1.54, 1.807) is 0 Å². The number of benzene rings is 2. The first-order chi connectivity index (χ1) is 9.61. The molecule has 0 saturated carbocycles. The first-order valence-corrected chi connectivity index (χ1v) is 7.17. The number of para-hydroxylation sites is 1. The lowest BCUT2D eigenvalue weighted by molar-refractivity contribution is 0.183. The zero-order valence-corrected chi connectivity index (χ0v) is 12.5. The molecule has 0 fully saturated rings. The summed E-state index contributed by atoms with van der Waals surface area (Å²) in [5.41, 5.74) is 4.63. The summed E-state index contributed by atoms with van der Waals surface area (Å²) in [6, 6.07) is 16.4. The summed E-state index contributed by atoms with van der Waals surface area (Å²) >= 11 is 0. The number of rotatable bonds is 5. The minimum Gasteiger partial charge on any atom is -0.387 e. The van der Waals surface area contributed by atoms with Gasteiger partial charge in [0.15, 0.2) is 0 Å². The molecule has 0 aliphatic rings. The highest BCUT2D eigenvalue weighted by atomic mass is 16.3. The molecule has 0 amide bonds. The van der Waals surface area contributed by atoms with Crippen LogP contribution in [0.15, 0.2) is 48.5 Å². The number of hydrogen-bond acceptors (Lipinski definition) is 2. The highest BCUT2D eigenvalue weighted by Gasteiger charge is 2.13. The number of hydrogen-bond donors (Lipinski definition) is 1. The van der Waals surface area contributed by atoms with Crippen LogP contribution in [0.4, 0.5) is 5.69 Å². The van der Waals surface area contributed by atoms with Gasteiger partial charge in [0.05, 0.1) is 6.10 Å². The second-order valence-electron chi connectivity index (χ2n) is 5.23. The first kappa shape index (κ1) is 14.6. The second-order valence-corrected chi connectivity index (χ2v) is 5.23. The Morgan fingerprint density at radius 3 is 2.30 bits per heavy atom. The smallest absolute Gasteiger partial charge is 0.0964 e. The Morgan fingerprint density at radius 1 is 1.00 bits per heavy atom. The molecule has 2 aromatic carbocycles. The van der Waals surface area contributed by atoms with E-state index < -0.39 is 6.10 Å². The predicted octanol–water partition coefficient (Wildman–Crippen LogP) is 3.86. The number of likely N-dealkylation sites (N-methyl/N-ethyl adjacent to an activating group) is 1. The predicted molar refractivity (Wildman–Crippen MR) is 85.2 cm³/mol. The van der Waals surface area contributed by atoms with E-state index in [1.165, 1.54) is 11.1 Å². The molecule has 2 aromatic rings. The summed E-state index contributed by atoms with van der Waals surface area (Å²) in [6.07, 6.45) is -0.463. The average molecular weight is 269 g/mol. The molecular formula is C18H23NO. The fraction of sp³-hybridized carbons (Fsp3) is 0.333. The first-order valence-electron chi connectivity index (χ1n) is 7.17. The van der Waals surface area contributed by atoms with Gasteiger partial charge in [-0.05, 0) is 49.6 Å². The van der Waals surface area contributed by atoms with Crippen molar-refractivity contribution >= 4 is 5.69 Å². The van der Waals surface area contributed by atoms with Crippen molar-refractivity contribution in [3.05, 3.63) is 65.2 Å². The Balaban J connectivity index is 2.13. The van der Waals surface area contributed by atoms with Crippen LogP contribution in [0.25, 0.3) is 0 Å². The molecule has 0 aliphatic heterocycles. The van der Waals surface area contributed by atoms with Gasteiger partial charge in [0.2, 0.25) is 0 Å². The third-order valence-corrected chi connectivity index (χ3v) is 3.81. The molecule has 0 saturated heterocycles. The zero-order valence-electron chi connectivity index (χ0n) is 12.5. The summed E-state index contributed by atoms with van der Waals surface area (Å²) < 4.78 is 0. The lowest BCUT2D eigenvalue weighted by Crippen LogP contribution is -2.28. The summed E-state index contributed by atoms with van der Waals surface area (Å²) in [5, 5.41) is 10.5. The number of aryl methyl sites for hydroxylation is 2.